The second-order valence-electron chi connectivity index (χ2n) is 4.09. The van der Waals surface area contributed by atoms with E-state index in [1.165, 1.54) is 12.8 Å². The van der Waals surface area contributed by atoms with Crippen LogP contribution in [-0.2, 0) is 0 Å². The fourth-order valence-electron chi connectivity index (χ4n) is 1.64. The average molecular weight is 231 g/mol. The monoisotopic (exact) mass is 231 g/mol. The maximum atomic E-state index is 5.69. The SMILES string of the molecule is CN(c1nc(N)nc(-n2cccn2)n1)C1CC1. The predicted molar refractivity (Wildman–Crippen MR) is 62.8 cm³/mol. The molecule has 1 aliphatic carbocycles. The van der Waals surface area contributed by atoms with Crippen molar-refractivity contribution in [3.63, 3.8) is 0 Å². The molecule has 2 aromatic rings. The van der Waals surface area contributed by atoms with Crippen LogP contribution in [0.25, 0.3) is 5.95 Å². The third kappa shape index (κ3) is 1.91. The molecule has 7 heteroatoms. The Morgan fingerprint density at radius 3 is 2.82 bits per heavy atom. The number of hydrogen-bond acceptors (Lipinski definition) is 6. The van der Waals surface area contributed by atoms with Crippen LogP contribution in [0.5, 0.6) is 0 Å². The molecule has 1 fully saturated rings. The summed E-state index contributed by atoms with van der Waals surface area (Å²) < 4.78 is 1.57. The van der Waals surface area contributed by atoms with E-state index in [-0.39, 0.29) is 5.95 Å². The lowest BCUT2D eigenvalue weighted by Crippen LogP contribution is -2.23. The van der Waals surface area contributed by atoms with Crippen molar-refractivity contribution in [2.24, 2.45) is 0 Å². The molecule has 0 atom stereocenters. The molecule has 1 aliphatic rings. The van der Waals surface area contributed by atoms with Gasteiger partial charge in [-0.3, -0.25) is 0 Å². The van der Waals surface area contributed by atoms with Crippen molar-refractivity contribution in [1.29, 1.82) is 0 Å². The van der Waals surface area contributed by atoms with Crippen molar-refractivity contribution in [1.82, 2.24) is 24.7 Å². The van der Waals surface area contributed by atoms with E-state index in [4.69, 9.17) is 5.73 Å². The minimum atomic E-state index is 0.216. The van der Waals surface area contributed by atoms with Gasteiger partial charge in [0, 0.05) is 25.5 Å². The number of nitrogens with two attached hydrogens (primary N) is 1. The van der Waals surface area contributed by atoms with Crippen molar-refractivity contribution in [3.05, 3.63) is 18.5 Å². The van der Waals surface area contributed by atoms with E-state index in [0.29, 0.717) is 17.9 Å². The zero-order valence-electron chi connectivity index (χ0n) is 9.48. The smallest absolute Gasteiger partial charge is 0.257 e. The summed E-state index contributed by atoms with van der Waals surface area (Å²) in [5.74, 6) is 1.27. The Morgan fingerprint density at radius 1 is 1.35 bits per heavy atom. The Kier molecular flexibility index (Phi) is 2.17. The zero-order valence-corrected chi connectivity index (χ0v) is 9.48. The zero-order chi connectivity index (χ0) is 11.8. The van der Waals surface area contributed by atoms with Gasteiger partial charge >= 0.3 is 0 Å². The average Bonchev–Trinajstić information content (AvgIpc) is 3.02. The molecule has 2 N–H and O–H groups in total. The van der Waals surface area contributed by atoms with Crippen molar-refractivity contribution >= 4 is 11.9 Å². The first-order valence-corrected chi connectivity index (χ1v) is 5.48. The quantitative estimate of drug-likeness (QED) is 0.814. The summed E-state index contributed by atoms with van der Waals surface area (Å²) in [5.41, 5.74) is 5.69. The summed E-state index contributed by atoms with van der Waals surface area (Å²) in [7, 11) is 1.97. The molecule has 0 aliphatic heterocycles. The van der Waals surface area contributed by atoms with Crippen LogP contribution in [0.3, 0.4) is 0 Å². The van der Waals surface area contributed by atoms with E-state index in [0.717, 1.165) is 0 Å². The second kappa shape index (κ2) is 3.69. The summed E-state index contributed by atoms with van der Waals surface area (Å²) in [6.07, 6.45) is 5.80. The molecule has 0 unspecified atom stereocenters. The van der Waals surface area contributed by atoms with Gasteiger partial charge in [-0.05, 0) is 18.9 Å². The third-order valence-corrected chi connectivity index (χ3v) is 2.75. The number of rotatable bonds is 3. The van der Waals surface area contributed by atoms with E-state index < -0.39 is 0 Å². The third-order valence-electron chi connectivity index (χ3n) is 2.75. The van der Waals surface area contributed by atoms with Crippen LogP contribution in [-0.4, -0.2) is 37.8 Å². The van der Waals surface area contributed by atoms with Crippen molar-refractivity contribution in [3.8, 4) is 5.95 Å². The van der Waals surface area contributed by atoms with Gasteiger partial charge in [0.1, 0.15) is 0 Å². The Morgan fingerprint density at radius 2 is 2.18 bits per heavy atom. The van der Waals surface area contributed by atoms with Gasteiger partial charge in [0.2, 0.25) is 11.9 Å². The maximum Gasteiger partial charge on any atom is 0.257 e. The molecule has 0 radical (unpaired) electrons. The number of anilines is 2. The molecule has 0 aromatic carbocycles. The summed E-state index contributed by atoms with van der Waals surface area (Å²) in [6.45, 7) is 0. The van der Waals surface area contributed by atoms with E-state index in [1.54, 1.807) is 17.1 Å². The molecular formula is C10H13N7. The molecule has 2 heterocycles. The van der Waals surface area contributed by atoms with Crippen molar-refractivity contribution in [2.45, 2.75) is 18.9 Å². The molecule has 0 saturated heterocycles. The van der Waals surface area contributed by atoms with Gasteiger partial charge in [-0.2, -0.15) is 20.1 Å². The second-order valence-corrected chi connectivity index (χ2v) is 4.09. The topological polar surface area (TPSA) is 85.8 Å². The highest BCUT2D eigenvalue weighted by Gasteiger charge is 2.28. The number of nitrogen functional groups attached to an aromatic ring is 1. The van der Waals surface area contributed by atoms with E-state index >= 15 is 0 Å². The minimum absolute atomic E-state index is 0.216. The van der Waals surface area contributed by atoms with Gasteiger partial charge < -0.3 is 10.6 Å². The number of aromatic nitrogens is 5. The van der Waals surface area contributed by atoms with Crippen LogP contribution in [0, 0.1) is 0 Å². The largest absolute Gasteiger partial charge is 0.368 e. The minimum Gasteiger partial charge on any atom is -0.368 e. The normalized spacial score (nSPS) is 14.9. The Bertz CT molecular complexity index is 517. The number of hydrogen-bond donors (Lipinski definition) is 1. The summed E-state index contributed by atoms with van der Waals surface area (Å²) in [4.78, 5) is 14.6. The van der Waals surface area contributed by atoms with Gasteiger partial charge in [-0.1, -0.05) is 0 Å². The molecule has 17 heavy (non-hydrogen) atoms. The number of nitrogens with zero attached hydrogens (tertiary/aromatic N) is 6. The van der Waals surface area contributed by atoms with Crippen LogP contribution >= 0.6 is 0 Å². The standard InChI is InChI=1S/C10H13N7/c1-16(7-3-4-7)9-13-8(11)14-10(15-9)17-6-2-5-12-17/h2,5-7H,3-4H2,1H3,(H2,11,13,14,15). The molecule has 0 amide bonds. The van der Waals surface area contributed by atoms with Crippen LogP contribution in [0.4, 0.5) is 11.9 Å². The summed E-state index contributed by atoms with van der Waals surface area (Å²) in [5, 5.41) is 4.08. The van der Waals surface area contributed by atoms with Crippen LogP contribution < -0.4 is 10.6 Å². The Labute approximate surface area is 98.3 Å². The maximum absolute atomic E-state index is 5.69. The van der Waals surface area contributed by atoms with Gasteiger partial charge in [0.05, 0.1) is 0 Å². The summed E-state index contributed by atoms with van der Waals surface area (Å²) >= 11 is 0. The lowest BCUT2D eigenvalue weighted by molar-refractivity contribution is 0.776. The predicted octanol–water partition coefficient (Wildman–Crippen LogP) is 0.238. The van der Waals surface area contributed by atoms with Gasteiger partial charge in [-0.25, -0.2) is 4.68 Å². The molecule has 0 spiro atoms. The van der Waals surface area contributed by atoms with Gasteiger partial charge in [0.25, 0.3) is 5.95 Å². The molecule has 3 rings (SSSR count). The Hall–Kier alpha value is -2.18. The molecule has 1 saturated carbocycles. The van der Waals surface area contributed by atoms with Crippen LogP contribution in [0.1, 0.15) is 12.8 Å². The molecule has 88 valence electrons. The first-order chi connectivity index (χ1) is 8.24. The van der Waals surface area contributed by atoms with Crippen LogP contribution in [0.2, 0.25) is 0 Å². The highest BCUT2D eigenvalue weighted by Crippen LogP contribution is 2.28. The van der Waals surface area contributed by atoms with E-state index in [1.807, 2.05) is 18.0 Å². The van der Waals surface area contributed by atoms with Gasteiger partial charge in [0.15, 0.2) is 0 Å². The summed E-state index contributed by atoms with van der Waals surface area (Å²) in [6, 6.07) is 2.34. The molecular weight excluding hydrogens is 218 g/mol. The fourth-order valence-corrected chi connectivity index (χ4v) is 1.64. The van der Waals surface area contributed by atoms with Crippen LogP contribution in [0.15, 0.2) is 18.5 Å². The molecule has 2 aromatic heterocycles. The van der Waals surface area contributed by atoms with Crippen molar-refractivity contribution in [2.75, 3.05) is 17.7 Å². The molecule has 7 nitrogen and oxygen atoms in total. The van der Waals surface area contributed by atoms with Gasteiger partial charge in [-0.15, -0.1) is 0 Å². The lowest BCUT2D eigenvalue weighted by atomic mass is 10.6. The van der Waals surface area contributed by atoms with Crippen molar-refractivity contribution < 1.29 is 0 Å². The lowest BCUT2D eigenvalue weighted by Gasteiger charge is -2.16. The van der Waals surface area contributed by atoms with E-state index in [9.17, 15) is 0 Å². The highest BCUT2D eigenvalue weighted by molar-refractivity contribution is 5.39. The highest BCUT2D eigenvalue weighted by atomic mass is 15.4. The fraction of sp³-hybridized carbons (Fsp3) is 0.400. The van der Waals surface area contributed by atoms with E-state index in [2.05, 4.69) is 20.1 Å². The first kappa shape index (κ1) is 10.0. The molecule has 0 bridgehead atoms. The first-order valence-electron chi connectivity index (χ1n) is 5.48. The Balaban J connectivity index is 2.00.